The maximum Gasteiger partial charge on any atom is 0.264 e. The van der Waals surface area contributed by atoms with Crippen LogP contribution in [0.15, 0.2) is 0 Å². The first-order chi connectivity index (χ1) is 6.56. The number of hydrogen-bond acceptors (Lipinski definition) is 3. The van der Waals surface area contributed by atoms with Crippen molar-refractivity contribution < 1.29 is 17.7 Å². The molecule has 0 aromatic heterocycles. The second-order valence-corrected chi connectivity index (χ2v) is 5.33. The van der Waals surface area contributed by atoms with Crippen molar-refractivity contribution in [3.63, 3.8) is 0 Å². The Bertz CT molecular complexity index is 220. The summed E-state index contributed by atoms with van der Waals surface area (Å²) >= 11 is 0. The molecule has 0 saturated carbocycles. The van der Waals surface area contributed by atoms with Gasteiger partial charge in [0.25, 0.3) is 10.1 Å². The first-order valence-electron chi connectivity index (χ1n) is 5.51. The third-order valence-corrected chi connectivity index (χ3v) is 3.06. The van der Waals surface area contributed by atoms with Gasteiger partial charge in [-0.25, -0.2) is 0 Å². The Morgan fingerprint density at radius 1 is 0.875 bits per heavy atom. The van der Waals surface area contributed by atoms with Crippen LogP contribution in [0.4, 0.5) is 4.70 Å². The molecule has 4 N–H and O–H groups in total. The first kappa shape index (κ1) is 21.1. The predicted octanol–water partition coefficient (Wildman–Crippen LogP) is 3.33. The summed E-state index contributed by atoms with van der Waals surface area (Å²) in [6.45, 7) is 2.19. The van der Waals surface area contributed by atoms with E-state index in [9.17, 15) is 8.42 Å². The third kappa shape index (κ3) is 19.4. The summed E-state index contributed by atoms with van der Waals surface area (Å²) in [7, 11) is -3.73. The van der Waals surface area contributed by atoms with Gasteiger partial charge in [0.1, 0.15) is 0 Å². The average molecular weight is 259 g/mol. The van der Waals surface area contributed by atoms with E-state index >= 15 is 0 Å². The fourth-order valence-electron chi connectivity index (χ4n) is 1.42. The molecule has 0 aliphatic carbocycles. The van der Waals surface area contributed by atoms with Crippen LogP contribution in [0.2, 0.25) is 0 Å². The molecule has 0 atom stereocenters. The molecule has 0 radical (unpaired) electrons. The minimum atomic E-state index is -3.73. The van der Waals surface area contributed by atoms with E-state index in [1.807, 2.05) is 0 Å². The fraction of sp³-hybridized carbons (Fsp3) is 1.00. The summed E-state index contributed by atoms with van der Waals surface area (Å²) in [4.78, 5) is 0. The van der Waals surface area contributed by atoms with Crippen molar-refractivity contribution in [2.45, 2.75) is 58.3 Å². The number of hydrogen-bond donors (Lipinski definition) is 2. The van der Waals surface area contributed by atoms with Crippen molar-refractivity contribution in [1.82, 2.24) is 6.15 Å². The highest BCUT2D eigenvalue weighted by Gasteiger charge is 2.02. The van der Waals surface area contributed by atoms with E-state index in [0.717, 1.165) is 12.8 Å². The molecule has 0 heterocycles. The lowest BCUT2D eigenvalue weighted by Crippen LogP contribution is -2.03. The van der Waals surface area contributed by atoms with Crippen LogP contribution in [-0.2, 0) is 10.1 Å². The number of halogens is 1. The van der Waals surface area contributed by atoms with Crippen LogP contribution in [0, 0.1) is 0 Å². The molecule has 0 aromatic carbocycles. The smallest absolute Gasteiger partial charge is 0.264 e. The van der Waals surface area contributed by atoms with Crippen LogP contribution in [0.25, 0.3) is 0 Å². The zero-order valence-corrected chi connectivity index (χ0v) is 11.0. The summed E-state index contributed by atoms with van der Waals surface area (Å²) < 4.78 is 29.2. The molecule has 102 valence electrons. The first-order valence-corrected chi connectivity index (χ1v) is 7.12. The monoisotopic (exact) mass is 259 g/mol. The predicted molar refractivity (Wildman–Crippen MR) is 66.6 cm³/mol. The van der Waals surface area contributed by atoms with Crippen molar-refractivity contribution in [1.29, 1.82) is 0 Å². The molecule has 0 aliphatic heterocycles. The second-order valence-electron chi connectivity index (χ2n) is 3.76. The largest absolute Gasteiger partial charge is 0.344 e. The van der Waals surface area contributed by atoms with Crippen LogP contribution in [0.3, 0.4) is 0 Å². The summed E-state index contributed by atoms with van der Waals surface area (Å²) in [5.41, 5.74) is 0. The lowest BCUT2D eigenvalue weighted by Gasteiger charge is -2.00. The maximum absolute atomic E-state index is 10.4. The lowest BCUT2D eigenvalue weighted by molar-refractivity contribution is 0.478. The van der Waals surface area contributed by atoms with Crippen LogP contribution in [0.1, 0.15) is 58.3 Å². The van der Waals surface area contributed by atoms with Crippen LogP contribution in [-0.4, -0.2) is 18.7 Å². The Kier molecular flexibility index (Phi) is 17.0. The van der Waals surface area contributed by atoms with Crippen molar-refractivity contribution >= 4 is 10.1 Å². The van der Waals surface area contributed by atoms with Crippen LogP contribution in [0.5, 0.6) is 0 Å². The van der Waals surface area contributed by atoms with Crippen molar-refractivity contribution in [3.8, 4) is 0 Å². The molecule has 0 fully saturated rings. The lowest BCUT2D eigenvalue weighted by atomic mass is 10.1. The van der Waals surface area contributed by atoms with Gasteiger partial charge in [0.05, 0.1) is 5.75 Å². The minimum absolute atomic E-state index is 0. The summed E-state index contributed by atoms with van der Waals surface area (Å²) in [5.74, 6) is -0.0814. The van der Waals surface area contributed by atoms with E-state index < -0.39 is 10.1 Å². The Labute approximate surface area is 98.5 Å². The molecule has 0 rings (SSSR count). The molecule has 0 spiro atoms. The third-order valence-electron chi connectivity index (χ3n) is 2.26. The highest BCUT2D eigenvalue weighted by Crippen LogP contribution is 2.08. The minimum Gasteiger partial charge on any atom is -0.344 e. The van der Waals surface area contributed by atoms with Gasteiger partial charge >= 0.3 is 0 Å². The van der Waals surface area contributed by atoms with E-state index in [-0.39, 0.29) is 16.6 Å². The van der Waals surface area contributed by atoms with Gasteiger partial charge in [-0.2, -0.15) is 8.42 Å². The van der Waals surface area contributed by atoms with Gasteiger partial charge in [0, 0.05) is 0 Å². The quantitative estimate of drug-likeness (QED) is 0.491. The van der Waals surface area contributed by atoms with Gasteiger partial charge in [-0.1, -0.05) is 51.9 Å². The molecule has 0 saturated heterocycles. The van der Waals surface area contributed by atoms with Gasteiger partial charge < -0.3 is 6.15 Å². The Morgan fingerprint density at radius 3 is 1.62 bits per heavy atom. The molecule has 4 nitrogen and oxygen atoms in total. The molecule has 6 heteroatoms. The van der Waals surface area contributed by atoms with Gasteiger partial charge in [0.2, 0.25) is 0 Å². The molecular formula is C10H26FNO3S. The molecule has 0 aromatic rings. The zero-order chi connectivity index (χ0) is 10.9. The topological polar surface area (TPSA) is 89.4 Å². The van der Waals surface area contributed by atoms with Crippen molar-refractivity contribution in [3.05, 3.63) is 0 Å². The number of unbranched alkanes of at least 4 members (excludes halogenated alkanes) is 7. The maximum atomic E-state index is 10.4. The van der Waals surface area contributed by atoms with E-state index in [1.165, 1.54) is 32.1 Å². The standard InChI is InChI=1S/C10H22O3S.FH.H3N/c1-2-3-4-5-6-7-8-9-10-14(11,12)13;;/h2-10H2,1H3,(H,11,12,13);1H;1H3. The zero-order valence-electron chi connectivity index (χ0n) is 10.2. The van der Waals surface area contributed by atoms with E-state index in [4.69, 9.17) is 4.55 Å². The highest BCUT2D eigenvalue weighted by molar-refractivity contribution is 7.85. The molecule has 16 heavy (non-hydrogen) atoms. The van der Waals surface area contributed by atoms with E-state index in [1.54, 1.807) is 0 Å². The Hall–Kier alpha value is -0.200. The van der Waals surface area contributed by atoms with Crippen molar-refractivity contribution in [2.24, 2.45) is 0 Å². The fourth-order valence-corrected chi connectivity index (χ4v) is 1.99. The molecule has 0 amide bonds. The van der Waals surface area contributed by atoms with E-state index in [2.05, 4.69) is 6.92 Å². The Morgan fingerprint density at radius 2 is 1.25 bits per heavy atom. The Balaban J connectivity index is -0.000000845. The molecule has 0 aliphatic rings. The normalized spacial score (nSPS) is 10.4. The van der Waals surface area contributed by atoms with Crippen LogP contribution < -0.4 is 6.15 Å². The summed E-state index contributed by atoms with van der Waals surface area (Å²) in [6.07, 6.45) is 8.85. The molecular weight excluding hydrogens is 233 g/mol. The van der Waals surface area contributed by atoms with Gasteiger partial charge in [-0.15, -0.1) is 0 Å². The summed E-state index contributed by atoms with van der Waals surface area (Å²) in [5, 5.41) is 0. The summed E-state index contributed by atoms with van der Waals surface area (Å²) in [6, 6.07) is 0. The van der Waals surface area contributed by atoms with Gasteiger partial charge in [-0.3, -0.25) is 9.26 Å². The average Bonchev–Trinajstić information content (AvgIpc) is 2.08. The van der Waals surface area contributed by atoms with E-state index in [0.29, 0.717) is 6.42 Å². The molecule has 0 unspecified atom stereocenters. The molecule has 0 bridgehead atoms. The van der Waals surface area contributed by atoms with Gasteiger partial charge in [0.15, 0.2) is 0 Å². The van der Waals surface area contributed by atoms with Gasteiger partial charge in [-0.05, 0) is 6.42 Å². The van der Waals surface area contributed by atoms with Crippen molar-refractivity contribution in [2.75, 3.05) is 5.75 Å². The SMILES string of the molecule is CCCCCCCCCCS(=O)(=O)O.F.N. The number of rotatable bonds is 9. The van der Waals surface area contributed by atoms with Crippen LogP contribution >= 0.6 is 0 Å². The highest BCUT2D eigenvalue weighted by atomic mass is 32.2. The second kappa shape index (κ2) is 12.9.